The molecule has 8 nitrogen and oxygen atoms in total. The number of aromatic nitrogens is 1. The van der Waals surface area contributed by atoms with E-state index in [0.29, 0.717) is 11.3 Å². The molecule has 1 fully saturated rings. The number of carbonyl (C=O) groups is 2. The summed E-state index contributed by atoms with van der Waals surface area (Å²) in [6, 6.07) is 3.13. The highest BCUT2D eigenvalue weighted by Gasteiger charge is 2.36. The molecule has 0 amide bonds. The minimum atomic E-state index is -1.19. The lowest BCUT2D eigenvalue weighted by Crippen LogP contribution is -2.48. The lowest BCUT2D eigenvalue weighted by Gasteiger charge is -2.23. The SMILES string of the molecule is COc1ccc(B2OC(=O)CN(C)CC(=O)O2)c(OC)n1. The van der Waals surface area contributed by atoms with Crippen LogP contribution in [0.1, 0.15) is 0 Å². The van der Waals surface area contributed by atoms with Gasteiger partial charge in [0.1, 0.15) is 0 Å². The number of carbonyl (C=O) groups excluding carboxylic acids is 2. The highest BCUT2D eigenvalue weighted by atomic mass is 16.6. The predicted octanol–water partition coefficient (Wildman–Crippen LogP) is -1.17. The number of hydrogen-bond acceptors (Lipinski definition) is 8. The molecule has 0 saturated carbocycles. The molecule has 112 valence electrons. The Morgan fingerprint density at radius 2 is 1.76 bits per heavy atom. The Morgan fingerprint density at radius 1 is 1.14 bits per heavy atom. The van der Waals surface area contributed by atoms with Crippen LogP contribution in [0, 0.1) is 0 Å². The molecule has 0 radical (unpaired) electrons. The topological polar surface area (TPSA) is 87.2 Å². The fourth-order valence-electron chi connectivity index (χ4n) is 1.85. The van der Waals surface area contributed by atoms with Gasteiger partial charge in [-0.05, 0) is 13.1 Å². The van der Waals surface area contributed by atoms with Gasteiger partial charge in [-0.25, -0.2) is 0 Å². The van der Waals surface area contributed by atoms with E-state index in [1.807, 2.05) is 0 Å². The minimum absolute atomic E-state index is 0.00248. The van der Waals surface area contributed by atoms with Crippen molar-refractivity contribution in [1.29, 1.82) is 0 Å². The summed E-state index contributed by atoms with van der Waals surface area (Å²) in [6.45, 7) is -0.00496. The van der Waals surface area contributed by atoms with Gasteiger partial charge in [-0.3, -0.25) is 14.5 Å². The van der Waals surface area contributed by atoms with Crippen molar-refractivity contribution in [3.05, 3.63) is 12.1 Å². The molecule has 1 aromatic heterocycles. The van der Waals surface area contributed by atoms with E-state index in [4.69, 9.17) is 18.8 Å². The van der Waals surface area contributed by atoms with Gasteiger partial charge in [-0.1, -0.05) is 0 Å². The Kier molecular flexibility index (Phi) is 4.64. The van der Waals surface area contributed by atoms with Crippen molar-refractivity contribution in [1.82, 2.24) is 9.88 Å². The maximum absolute atomic E-state index is 11.7. The van der Waals surface area contributed by atoms with Crippen LogP contribution >= 0.6 is 0 Å². The van der Waals surface area contributed by atoms with Gasteiger partial charge < -0.3 is 18.8 Å². The first-order chi connectivity index (χ1) is 10.0. The quantitative estimate of drug-likeness (QED) is 0.644. The summed E-state index contributed by atoms with van der Waals surface area (Å²) in [5.41, 5.74) is 0.338. The number of hydrogen-bond donors (Lipinski definition) is 0. The van der Waals surface area contributed by atoms with Crippen LogP contribution in [-0.4, -0.2) is 63.3 Å². The molecule has 9 heteroatoms. The third-order valence-corrected chi connectivity index (χ3v) is 2.80. The summed E-state index contributed by atoms with van der Waals surface area (Å²) >= 11 is 0. The maximum Gasteiger partial charge on any atom is 0.642 e. The Balaban J connectivity index is 2.30. The zero-order valence-corrected chi connectivity index (χ0v) is 12.0. The first kappa shape index (κ1) is 15.1. The molecule has 21 heavy (non-hydrogen) atoms. The van der Waals surface area contributed by atoms with Crippen molar-refractivity contribution in [3.63, 3.8) is 0 Å². The van der Waals surface area contributed by atoms with Gasteiger partial charge in [0, 0.05) is 6.07 Å². The fourth-order valence-corrected chi connectivity index (χ4v) is 1.85. The molecule has 1 aliphatic rings. The van der Waals surface area contributed by atoms with Crippen LogP contribution in [0.15, 0.2) is 12.1 Å². The van der Waals surface area contributed by atoms with Gasteiger partial charge in [0.2, 0.25) is 11.8 Å². The van der Waals surface area contributed by atoms with Crippen LogP contribution in [0.5, 0.6) is 11.8 Å². The number of pyridine rings is 1. The zero-order valence-electron chi connectivity index (χ0n) is 12.0. The standard InChI is InChI=1S/C12H15BN2O6/c1-15-6-10(16)20-13(21-11(17)7-15)8-4-5-9(18-2)14-12(8)19-3/h4-5H,6-7H2,1-3H3. The Labute approximate surface area is 122 Å². The van der Waals surface area contributed by atoms with Crippen molar-refractivity contribution in [2.75, 3.05) is 34.4 Å². The van der Waals surface area contributed by atoms with Crippen LogP contribution in [0.4, 0.5) is 0 Å². The Bertz CT molecular complexity index is 533. The lowest BCUT2D eigenvalue weighted by molar-refractivity contribution is -0.145. The second-order valence-electron chi connectivity index (χ2n) is 4.44. The Hall–Kier alpha value is -2.29. The number of likely N-dealkylation sites (N-methyl/N-ethyl adjacent to an activating group) is 1. The van der Waals surface area contributed by atoms with E-state index >= 15 is 0 Å². The molecule has 0 bridgehead atoms. The number of nitrogens with zero attached hydrogens (tertiary/aromatic N) is 2. The van der Waals surface area contributed by atoms with E-state index in [0.717, 1.165) is 0 Å². The summed E-state index contributed by atoms with van der Waals surface area (Å²) in [5, 5.41) is 0. The van der Waals surface area contributed by atoms with Gasteiger partial charge in [-0.2, -0.15) is 4.98 Å². The van der Waals surface area contributed by atoms with Gasteiger partial charge >= 0.3 is 19.1 Å². The van der Waals surface area contributed by atoms with E-state index in [9.17, 15) is 9.59 Å². The smallest absolute Gasteiger partial charge is 0.494 e. The largest absolute Gasteiger partial charge is 0.642 e. The molecule has 0 unspecified atom stereocenters. The molecule has 1 aromatic rings. The summed E-state index contributed by atoms with van der Waals surface area (Å²) in [6.07, 6.45) is 0. The van der Waals surface area contributed by atoms with Crippen LogP contribution in [0.25, 0.3) is 0 Å². The number of rotatable bonds is 3. The summed E-state index contributed by atoms with van der Waals surface area (Å²) < 4.78 is 20.4. The first-order valence-corrected chi connectivity index (χ1v) is 6.20. The number of ether oxygens (including phenoxy) is 2. The molecule has 1 aliphatic heterocycles. The highest BCUT2D eigenvalue weighted by molar-refractivity contribution is 6.65. The van der Waals surface area contributed by atoms with Crippen molar-refractivity contribution >= 4 is 24.5 Å². The van der Waals surface area contributed by atoms with Gasteiger partial charge in [-0.15, -0.1) is 0 Å². The third-order valence-electron chi connectivity index (χ3n) is 2.80. The average molecular weight is 294 g/mol. The van der Waals surface area contributed by atoms with Crippen LogP contribution in [-0.2, 0) is 18.9 Å². The van der Waals surface area contributed by atoms with Gasteiger partial charge in [0.15, 0.2) is 0 Å². The normalized spacial score (nSPS) is 16.6. The van der Waals surface area contributed by atoms with Crippen molar-refractivity contribution in [3.8, 4) is 11.8 Å². The van der Waals surface area contributed by atoms with Crippen LogP contribution < -0.4 is 14.9 Å². The molecular formula is C12H15BN2O6. The lowest BCUT2D eigenvalue weighted by atomic mass is 9.79. The third kappa shape index (κ3) is 3.63. The van der Waals surface area contributed by atoms with E-state index < -0.39 is 19.1 Å². The molecule has 1 saturated heterocycles. The summed E-state index contributed by atoms with van der Waals surface area (Å²) in [4.78, 5) is 29.0. The zero-order chi connectivity index (χ0) is 15.4. The first-order valence-electron chi connectivity index (χ1n) is 6.20. The second-order valence-corrected chi connectivity index (χ2v) is 4.44. The van der Waals surface area contributed by atoms with E-state index in [1.165, 1.54) is 19.1 Å². The molecule has 2 rings (SSSR count). The molecule has 0 spiro atoms. The van der Waals surface area contributed by atoms with Crippen molar-refractivity contribution in [2.45, 2.75) is 0 Å². The van der Waals surface area contributed by atoms with E-state index in [2.05, 4.69) is 4.98 Å². The van der Waals surface area contributed by atoms with Crippen LogP contribution in [0.3, 0.4) is 0 Å². The number of methoxy groups -OCH3 is 2. The predicted molar refractivity (Wildman–Crippen MR) is 72.4 cm³/mol. The van der Waals surface area contributed by atoms with Crippen molar-refractivity contribution in [2.24, 2.45) is 0 Å². The summed E-state index contributed by atoms with van der Waals surface area (Å²) in [5.74, 6) is -0.520. The molecule has 0 aromatic carbocycles. The van der Waals surface area contributed by atoms with E-state index in [1.54, 1.807) is 19.2 Å². The molecule has 0 N–H and O–H groups in total. The second kappa shape index (κ2) is 6.44. The van der Waals surface area contributed by atoms with Gasteiger partial charge in [0.25, 0.3) is 0 Å². The minimum Gasteiger partial charge on any atom is -0.494 e. The Morgan fingerprint density at radius 3 is 2.29 bits per heavy atom. The molecule has 0 atom stereocenters. The molecular weight excluding hydrogens is 279 g/mol. The van der Waals surface area contributed by atoms with Crippen LogP contribution in [0.2, 0.25) is 0 Å². The monoisotopic (exact) mass is 294 g/mol. The summed E-state index contributed by atoms with van der Waals surface area (Å²) in [7, 11) is 3.31. The molecule has 0 aliphatic carbocycles. The highest BCUT2D eigenvalue weighted by Crippen LogP contribution is 2.13. The average Bonchev–Trinajstić information content (AvgIpc) is 2.44. The van der Waals surface area contributed by atoms with Crippen molar-refractivity contribution < 1.29 is 28.4 Å². The molecule has 2 heterocycles. The maximum atomic E-state index is 11.7. The van der Waals surface area contributed by atoms with E-state index in [-0.39, 0.29) is 19.0 Å². The van der Waals surface area contributed by atoms with Gasteiger partial charge in [0.05, 0.1) is 32.8 Å². The fraction of sp³-hybridized carbons (Fsp3) is 0.417.